The van der Waals surface area contributed by atoms with Gasteiger partial charge in [-0.1, -0.05) is 71.6 Å². The van der Waals surface area contributed by atoms with Crippen molar-refractivity contribution in [1.82, 2.24) is 0 Å². The van der Waals surface area contributed by atoms with Gasteiger partial charge in [-0.25, -0.2) is 0 Å². The van der Waals surface area contributed by atoms with Gasteiger partial charge >= 0.3 is 10.4 Å². The summed E-state index contributed by atoms with van der Waals surface area (Å²) < 4.78 is 36.8. The summed E-state index contributed by atoms with van der Waals surface area (Å²) in [5.41, 5.74) is 0. The monoisotopic (exact) mass is 324 g/mol. The lowest BCUT2D eigenvalue weighted by molar-refractivity contribution is 0.381. The van der Waals surface area contributed by atoms with E-state index >= 15 is 0 Å². The molecule has 1 heterocycles. The smallest absolute Gasteiger partial charge is 0.373 e. The highest BCUT2D eigenvalue weighted by Gasteiger charge is 2.20. The highest BCUT2D eigenvalue weighted by molar-refractivity contribution is 7.79. The van der Waals surface area contributed by atoms with E-state index in [9.17, 15) is 0 Å². The van der Waals surface area contributed by atoms with E-state index in [4.69, 9.17) is 22.3 Å². The van der Waals surface area contributed by atoms with Crippen LogP contribution >= 0.6 is 0 Å². The summed E-state index contributed by atoms with van der Waals surface area (Å²) in [5, 5.41) is 0. The minimum atomic E-state index is -4.67. The molecule has 0 amide bonds. The fourth-order valence-electron chi connectivity index (χ4n) is 2.22. The third-order valence-electron chi connectivity index (χ3n) is 3.46. The standard InChI is InChI=1S/C15H30O.H2O4S/c1-14(2)11-9-7-5-3-4-6-8-10-12-15-13-16-15;1-5(2,3)4/h14-15H,3-13H2,1-2H3;(H2,1,2,3,4). The molecule has 0 aromatic rings. The molecule has 5 nitrogen and oxygen atoms in total. The van der Waals surface area contributed by atoms with Crippen molar-refractivity contribution in [3.8, 4) is 0 Å². The van der Waals surface area contributed by atoms with Crippen molar-refractivity contribution in [3.63, 3.8) is 0 Å². The maximum Gasteiger partial charge on any atom is 0.394 e. The molecule has 0 bridgehead atoms. The van der Waals surface area contributed by atoms with E-state index in [-0.39, 0.29) is 0 Å². The molecule has 1 aliphatic heterocycles. The average molecular weight is 324 g/mol. The first-order valence-corrected chi connectivity index (χ1v) is 9.50. The van der Waals surface area contributed by atoms with E-state index in [1.54, 1.807) is 0 Å². The lowest BCUT2D eigenvalue weighted by atomic mass is 10.0. The molecule has 0 spiro atoms. The van der Waals surface area contributed by atoms with Crippen LogP contribution in [-0.4, -0.2) is 30.2 Å². The fraction of sp³-hybridized carbons (Fsp3) is 1.00. The van der Waals surface area contributed by atoms with Crippen LogP contribution in [0.25, 0.3) is 0 Å². The lowest BCUT2D eigenvalue weighted by Gasteiger charge is -2.04. The number of epoxide rings is 1. The van der Waals surface area contributed by atoms with Gasteiger partial charge in [0.15, 0.2) is 0 Å². The van der Waals surface area contributed by atoms with Crippen LogP contribution in [0, 0.1) is 5.92 Å². The SMILES string of the molecule is CC(C)CCCCCCCCCCC1CO1.O=S(=O)(O)O. The minimum Gasteiger partial charge on any atom is -0.373 e. The summed E-state index contributed by atoms with van der Waals surface area (Å²) in [6.07, 6.45) is 14.9. The van der Waals surface area contributed by atoms with Crippen LogP contribution in [0.3, 0.4) is 0 Å². The Hall–Kier alpha value is -0.170. The zero-order chi connectivity index (χ0) is 16.1. The molecule has 0 aromatic carbocycles. The van der Waals surface area contributed by atoms with Gasteiger partial charge in [0.1, 0.15) is 0 Å². The van der Waals surface area contributed by atoms with Gasteiger partial charge in [0.25, 0.3) is 0 Å². The molecule has 1 atom stereocenters. The Labute approximate surface area is 130 Å². The largest absolute Gasteiger partial charge is 0.394 e. The van der Waals surface area contributed by atoms with E-state index in [2.05, 4.69) is 13.8 Å². The van der Waals surface area contributed by atoms with Gasteiger partial charge in [0.05, 0.1) is 12.7 Å². The molecule has 1 fully saturated rings. The Kier molecular flexibility index (Phi) is 12.3. The van der Waals surface area contributed by atoms with Crippen molar-refractivity contribution >= 4 is 10.4 Å². The Morgan fingerprint density at radius 3 is 1.71 bits per heavy atom. The Morgan fingerprint density at radius 2 is 1.33 bits per heavy atom. The van der Waals surface area contributed by atoms with Crippen molar-refractivity contribution in [2.24, 2.45) is 5.92 Å². The summed E-state index contributed by atoms with van der Waals surface area (Å²) in [6, 6.07) is 0. The van der Waals surface area contributed by atoms with Gasteiger partial charge in [0.2, 0.25) is 0 Å². The van der Waals surface area contributed by atoms with Crippen LogP contribution < -0.4 is 0 Å². The second-order valence-corrected chi connectivity index (χ2v) is 7.10. The predicted molar refractivity (Wildman–Crippen MR) is 84.9 cm³/mol. The van der Waals surface area contributed by atoms with Crippen molar-refractivity contribution in [3.05, 3.63) is 0 Å². The van der Waals surface area contributed by atoms with Crippen molar-refractivity contribution < 1.29 is 22.3 Å². The van der Waals surface area contributed by atoms with Crippen molar-refractivity contribution in [2.75, 3.05) is 6.61 Å². The zero-order valence-electron chi connectivity index (χ0n) is 13.5. The minimum absolute atomic E-state index is 0.649. The van der Waals surface area contributed by atoms with Gasteiger partial charge in [0, 0.05) is 0 Å². The highest BCUT2D eigenvalue weighted by atomic mass is 32.3. The molecule has 6 heteroatoms. The summed E-state index contributed by atoms with van der Waals surface area (Å²) in [4.78, 5) is 0. The van der Waals surface area contributed by atoms with Crippen LogP contribution in [0.2, 0.25) is 0 Å². The molecule has 0 aliphatic carbocycles. The molecule has 1 unspecified atom stereocenters. The van der Waals surface area contributed by atoms with Crippen LogP contribution in [0.5, 0.6) is 0 Å². The first kappa shape index (κ1) is 20.8. The Bertz CT molecular complexity index is 305. The first-order valence-electron chi connectivity index (χ1n) is 8.10. The molecule has 2 N–H and O–H groups in total. The van der Waals surface area contributed by atoms with Gasteiger partial charge in [-0.15, -0.1) is 0 Å². The van der Waals surface area contributed by atoms with Gasteiger partial charge in [-0.05, 0) is 12.3 Å². The number of ether oxygens (including phenoxy) is 1. The summed E-state index contributed by atoms with van der Waals surface area (Å²) in [6.45, 7) is 5.68. The number of hydrogen-bond acceptors (Lipinski definition) is 3. The average Bonchev–Trinajstić information content (AvgIpc) is 3.13. The molecule has 1 saturated heterocycles. The van der Waals surface area contributed by atoms with Crippen molar-refractivity contribution in [2.45, 2.75) is 84.2 Å². The van der Waals surface area contributed by atoms with Crippen LogP contribution in [0.15, 0.2) is 0 Å². The molecule has 1 aliphatic rings. The molecule has 128 valence electrons. The molecule has 21 heavy (non-hydrogen) atoms. The molecular formula is C15H32O5S. The van der Waals surface area contributed by atoms with E-state index in [0.717, 1.165) is 12.5 Å². The molecule has 0 aromatic heterocycles. The van der Waals surface area contributed by atoms with Gasteiger partial charge in [-0.2, -0.15) is 8.42 Å². The van der Waals surface area contributed by atoms with E-state index in [1.165, 1.54) is 64.2 Å². The molecule has 1 rings (SSSR count). The third kappa shape index (κ3) is 25.2. The van der Waals surface area contributed by atoms with Gasteiger partial charge in [-0.3, -0.25) is 9.11 Å². The van der Waals surface area contributed by atoms with Crippen LogP contribution in [0.1, 0.15) is 78.1 Å². The fourth-order valence-corrected chi connectivity index (χ4v) is 2.22. The summed E-state index contributed by atoms with van der Waals surface area (Å²) in [5.74, 6) is 0.893. The Morgan fingerprint density at radius 1 is 0.952 bits per heavy atom. The van der Waals surface area contributed by atoms with E-state index in [1.807, 2.05) is 0 Å². The first-order chi connectivity index (χ1) is 9.79. The quantitative estimate of drug-likeness (QED) is 0.336. The molecular weight excluding hydrogens is 292 g/mol. The third-order valence-corrected chi connectivity index (χ3v) is 3.46. The molecule has 0 radical (unpaired) electrons. The van der Waals surface area contributed by atoms with Crippen molar-refractivity contribution in [1.29, 1.82) is 0 Å². The number of unbranched alkanes of at least 4 members (excludes halogenated alkanes) is 7. The second-order valence-electron chi connectivity index (χ2n) is 6.20. The summed E-state index contributed by atoms with van der Waals surface area (Å²) in [7, 11) is -4.67. The number of rotatable bonds is 11. The predicted octanol–water partition coefficient (Wildman–Crippen LogP) is 4.29. The van der Waals surface area contributed by atoms with Gasteiger partial charge < -0.3 is 4.74 Å². The summed E-state index contributed by atoms with van der Waals surface area (Å²) >= 11 is 0. The Balaban J connectivity index is 0.000000690. The maximum absolute atomic E-state index is 8.74. The molecule has 0 saturated carbocycles. The van der Waals surface area contributed by atoms with E-state index in [0.29, 0.717) is 6.10 Å². The van der Waals surface area contributed by atoms with Crippen LogP contribution in [-0.2, 0) is 15.1 Å². The van der Waals surface area contributed by atoms with Crippen LogP contribution in [0.4, 0.5) is 0 Å². The lowest BCUT2D eigenvalue weighted by Crippen LogP contribution is -1.89. The van der Waals surface area contributed by atoms with E-state index < -0.39 is 10.4 Å². The zero-order valence-corrected chi connectivity index (χ0v) is 14.3. The topological polar surface area (TPSA) is 87.1 Å². The normalized spacial score (nSPS) is 17.5. The highest BCUT2D eigenvalue weighted by Crippen LogP contribution is 2.18. The number of hydrogen-bond donors (Lipinski definition) is 2. The maximum atomic E-state index is 8.74. The second kappa shape index (κ2) is 12.4.